The molecule has 5 rings (SSSR count). The maximum absolute atomic E-state index is 14.5. The molecule has 0 aromatic heterocycles. The van der Waals surface area contributed by atoms with Crippen molar-refractivity contribution in [3.8, 4) is 0 Å². The van der Waals surface area contributed by atoms with Crippen molar-refractivity contribution in [1.29, 1.82) is 0 Å². The van der Waals surface area contributed by atoms with Crippen LogP contribution >= 0.6 is 0 Å². The average Bonchev–Trinajstić information content (AvgIpc) is 3.00. The molecule has 11 heteroatoms. The molecule has 1 heterocycles. The lowest BCUT2D eigenvalue weighted by molar-refractivity contribution is -0.150. The van der Waals surface area contributed by atoms with Gasteiger partial charge in [0.1, 0.15) is 17.6 Å². The highest BCUT2D eigenvalue weighted by atomic mass is 19.4. The van der Waals surface area contributed by atoms with Crippen LogP contribution in [0.4, 0.5) is 23.2 Å². The number of alkyl halides is 3. The van der Waals surface area contributed by atoms with Crippen molar-refractivity contribution in [3.63, 3.8) is 0 Å². The van der Waals surface area contributed by atoms with Crippen molar-refractivity contribution >= 4 is 23.4 Å². The van der Waals surface area contributed by atoms with Gasteiger partial charge in [-0.2, -0.15) is 13.2 Å². The molecule has 2 N–H and O–H groups in total. The number of benzene rings is 3. The third kappa shape index (κ3) is 5.26. The summed E-state index contributed by atoms with van der Waals surface area (Å²) in [5.74, 6) is -6.36. The van der Waals surface area contributed by atoms with Crippen LogP contribution in [0.25, 0.3) is 0 Å². The van der Waals surface area contributed by atoms with Gasteiger partial charge in [-0.15, -0.1) is 0 Å². The molecule has 0 saturated carbocycles. The maximum Gasteiger partial charge on any atom is 0.416 e. The summed E-state index contributed by atoms with van der Waals surface area (Å²) in [6.45, 7) is 0. The molecule has 3 aromatic carbocycles. The van der Waals surface area contributed by atoms with Crippen molar-refractivity contribution < 1.29 is 41.4 Å². The number of ether oxygens (including phenoxy) is 2. The lowest BCUT2D eigenvalue weighted by Gasteiger charge is -2.44. The van der Waals surface area contributed by atoms with Gasteiger partial charge in [-0.3, -0.25) is 14.5 Å². The normalized spacial score (nSPS) is 20.6. The molecule has 3 aromatic rings. The Kier molecular flexibility index (Phi) is 7.83. The van der Waals surface area contributed by atoms with Gasteiger partial charge >= 0.3 is 18.1 Å². The number of methoxy groups -OCH3 is 2. The number of nitrogens with zero attached hydrogens (tertiary/aromatic N) is 1. The van der Waals surface area contributed by atoms with Crippen LogP contribution in [-0.4, -0.2) is 31.9 Å². The molecule has 0 amide bonds. The van der Waals surface area contributed by atoms with Gasteiger partial charge in [0.25, 0.3) is 0 Å². The van der Waals surface area contributed by atoms with Gasteiger partial charge in [0.2, 0.25) is 0 Å². The van der Waals surface area contributed by atoms with Crippen molar-refractivity contribution in [2.24, 2.45) is 11.7 Å². The first-order chi connectivity index (χ1) is 20.5. The summed E-state index contributed by atoms with van der Waals surface area (Å²) in [7, 11) is 2.27. The third-order valence-corrected chi connectivity index (χ3v) is 7.78. The smallest absolute Gasteiger partial charge is 0.416 e. The fraction of sp³-hybridized carbons (Fsp3) is 0.219. The number of carbonyl (C=O) groups excluding carboxylic acids is 3. The number of hydrogen-bond donors (Lipinski definition) is 1. The third-order valence-electron chi connectivity index (χ3n) is 7.78. The fourth-order valence-electron chi connectivity index (χ4n) is 5.83. The maximum atomic E-state index is 14.5. The number of esters is 2. The van der Waals surface area contributed by atoms with E-state index in [0.717, 1.165) is 38.5 Å². The largest absolute Gasteiger partial charge is 0.468 e. The summed E-state index contributed by atoms with van der Waals surface area (Å²) >= 11 is 0. The molecule has 1 aliphatic heterocycles. The molecule has 2 aliphatic rings. The van der Waals surface area contributed by atoms with Crippen molar-refractivity contribution in [2.45, 2.75) is 24.4 Å². The molecule has 1 aliphatic carbocycles. The van der Waals surface area contributed by atoms with Crippen molar-refractivity contribution in [3.05, 3.63) is 124 Å². The molecular formula is C32H26F4N2O5. The second kappa shape index (κ2) is 11.4. The lowest BCUT2D eigenvalue weighted by Crippen LogP contribution is -2.46. The number of Topliss-reactive ketones (excluding diaryl/α,β-unsaturated/α-hetero) is 1. The molecule has 0 radical (unpaired) electrons. The van der Waals surface area contributed by atoms with Crippen LogP contribution in [0, 0.1) is 11.7 Å². The van der Waals surface area contributed by atoms with E-state index in [2.05, 4.69) is 0 Å². The SMILES string of the molecule is COC(=O)C1=C(N)N(c2ccc(C(F)(F)F)cc2)C2=C(C(=O)[C@H](C(=O)OC)[C@H](c3ccccc3)C2)[C@H]1c1ccc(F)cc1. The number of nitrogens with two attached hydrogens (primary N) is 1. The molecule has 0 spiro atoms. The zero-order valence-corrected chi connectivity index (χ0v) is 23.0. The zero-order valence-electron chi connectivity index (χ0n) is 23.0. The van der Waals surface area contributed by atoms with Crippen LogP contribution in [0.3, 0.4) is 0 Å². The van der Waals surface area contributed by atoms with Gasteiger partial charge in [0.15, 0.2) is 5.78 Å². The van der Waals surface area contributed by atoms with Gasteiger partial charge in [-0.05, 0) is 53.9 Å². The van der Waals surface area contributed by atoms with E-state index in [1.165, 1.54) is 29.2 Å². The van der Waals surface area contributed by atoms with Crippen LogP contribution < -0.4 is 10.6 Å². The first kappa shape index (κ1) is 29.6. The Morgan fingerprint density at radius 1 is 0.884 bits per heavy atom. The molecule has 222 valence electrons. The van der Waals surface area contributed by atoms with E-state index in [1.807, 2.05) is 0 Å². The van der Waals surface area contributed by atoms with E-state index in [-0.39, 0.29) is 34.8 Å². The number of rotatable bonds is 5. The van der Waals surface area contributed by atoms with Gasteiger partial charge in [-0.1, -0.05) is 42.5 Å². The molecule has 0 saturated heterocycles. The van der Waals surface area contributed by atoms with Gasteiger partial charge < -0.3 is 15.2 Å². The van der Waals surface area contributed by atoms with Gasteiger partial charge in [-0.25, -0.2) is 9.18 Å². The second-order valence-electron chi connectivity index (χ2n) is 10.1. The first-order valence-electron chi connectivity index (χ1n) is 13.2. The number of carbonyl (C=O) groups is 3. The molecule has 7 nitrogen and oxygen atoms in total. The molecular weight excluding hydrogens is 568 g/mol. The minimum atomic E-state index is -4.61. The summed E-state index contributed by atoms with van der Waals surface area (Å²) in [5, 5.41) is 0. The van der Waals surface area contributed by atoms with E-state index in [4.69, 9.17) is 15.2 Å². The lowest BCUT2D eigenvalue weighted by atomic mass is 9.67. The predicted octanol–water partition coefficient (Wildman–Crippen LogP) is 5.59. The molecule has 0 fully saturated rings. The average molecular weight is 595 g/mol. The Morgan fingerprint density at radius 2 is 1.51 bits per heavy atom. The summed E-state index contributed by atoms with van der Waals surface area (Å²) < 4.78 is 64.2. The van der Waals surface area contributed by atoms with Crippen molar-refractivity contribution in [1.82, 2.24) is 0 Å². The quantitative estimate of drug-likeness (QED) is 0.234. The molecule has 0 bridgehead atoms. The number of anilines is 1. The highest BCUT2D eigenvalue weighted by Crippen LogP contribution is 2.51. The summed E-state index contributed by atoms with van der Waals surface area (Å²) in [5.41, 5.74) is 6.93. The molecule has 43 heavy (non-hydrogen) atoms. The topological polar surface area (TPSA) is 98.9 Å². The minimum Gasteiger partial charge on any atom is -0.468 e. The number of hydrogen-bond acceptors (Lipinski definition) is 7. The van der Waals surface area contributed by atoms with Crippen LogP contribution in [0.15, 0.2) is 102 Å². The van der Waals surface area contributed by atoms with Crippen molar-refractivity contribution in [2.75, 3.05) is 19.1 Å². The number of ketones is 1. The highest BCUT2D eigenvalue weighted by molar-refractivity contribution is 6.14. The standard InChI is InChI=1S/C32H26F4N2O5/c1-42-30(40)25-22(17-6-4-3-5-7-17)16-23-26(28(25)39)24(18-8-12-20(33)13-9-18)27(31(41)43-2)29(37)38(23)21-14-10-19(11-15-21)32(34,35)36/h3-15,22,24-25H,16,37H2,1-2H3/t22-,24+,25+/m0/s1. The van der Waals surface area contributed by atoms with E-state index >= 15 is 0 Å². The predicted molar refractivity (Wildman–Crippen MR) is 148 cm³/mol. The zero-order chi connectivity index (χ0) is 31.1. The van der Waals surface area contributed by atoms with E-state index in [9.17, 15) is 31.9 Å². The van der Waals surface area contributed by atoms with E-state index < -0.39 is 53.0 Å². The van der Waals surface area contributed by atoms with Gasteiger partial charge in [0.05, 0.1) is 31.3 Å². The van der Waals surface area contributed by atoms with Crippen LogP contribution in [0.2, 0.25) is 0 Å². The summed E-state index contributed by atoms with van der Waals surface area (Å²) in [4.78, 5) is 42.3. The van der Waals surface area contributed by atoms with Crippen LogP contribution in [0.1, 0.15) is 34.9 Å². The van der Waals surface area contributed by atoms with E-state index in [0.29, 0.717) is 11.1 Å². The Labute approximate surface area is 244 Å². The monoisotopic (exact) mass is 594 g/mol. The van der Waals surface area contributed by atoms with Gasteiger partial charge in [0, 0.05) is 22.9 Å². The number of allylic oxidation sites excluding steroid dienone is 2. The van der Waals surface area contributed by atoms with Crippen LogP contribution in [-0.2, 0) is 30.0 Å². The Hall–Kier alpha value is -4.93. The molecule has 0 unspecified atom stereocenters. The summed E-state index contributed by atoms with van der Waals surface area (Å²) in [6, 6.07) is 17.9. The number of halogens is 4. The van der Waals surface area contributed by atoms with Crippen LogP contribution in [0.5, 0.6) is 0 Å². The first-order valence-corrected chi connectivity index (χ1v) is 13.2. The summed E-state index contributed by atoms with van der Waals surface area (Å²) in [6.07, 6.45) is -4.58. The Morgan fingerprint density at radius 3 is 2.07 bits per heavy atom. The second-order valence-corrected chi connectivity index (χ2v) is 10.1. The Bertz CT molecular complexity index is 1630. The minimum absolute atomic E-state index is 0.00341. The Balaban J connectivity index is 1.81. The fourth-order valence-corrected chi connectivity index (χ4v) is 5.83. The van der Waals surface area contributed by atoms with E-state index in [1.54, 1.807) is 30.3 Å². The molecule has 3 atom stereocenters. The highest BCUT2D eigenvalue weighted by Gasteiger charge is 2.51.